The number of nitrogens with zero attached hydrogens (tertiary/aromatic N) is 5. The van der Waals surface area contributed by atoms with E-state index in [4.69, 9.17) is 4.42 Å². The number of pyridine rings is 1. The van der Waals surface area contributed by atoms with Gasteiger partial charge in [-0.25, -0.2) is 4.52 Å². The average molecular weight is 415 g/mol. The molecule has 0 unspecified atom stereocenters. The van der Waals surface area contributed by atoms with Gasteiger partial charge in [0.15, 0.2) is 5.76 Å². The summed E-state index contributed by atoms with van der Waals surface area (Å²) >= 11 is 0. The van der Waals surface area contributed by atoms with Crippen molar-refractivity contribution >= 4 is 11.4 Å². The van der Waals surface area contributed by atoms with E-state index < -0.39 is 0 Å². The van der Waals surface area contributed by atoms with E-state index in [1.54, 1.807) is 6.07 Å². The number of aryl methyl sites for hydroxylation is 2. The van der Waals surface area contributed by atoms with E-state index in [1.165, 1.54) is 5.56 Å². The van der Waals surface area contributed by atoms with Crippen LogP contribution in [0, 0.1) is 13.8 Å². The number of rotatable bonds is 3. The fourth-order valence-corrected chi connectivity index (χ4v) is 4.13. The number of amides is 1. The van der Waals surface area contributed by atoms with Crippen LogP contribution in [-0.2, 0) is 0 Å². The molecule has 1 atom stereocenters. The number of carbonyl (C=O) groups excluding carboxylic acids is 1. The zero-order valence-corrected chi connectivity index (χ0v) is 17.9. The van der Waals surface area contributed by atoms with Crippen molar-refractivity contribution in [3.8, 4) is 11.1 Å². The highest BCUT2D eigenvalue weighted by Gasteiger charge is 2.32. The van der Waals surface area contributed by atoms with Crippen molar-refractivity contribution in [1.29, 1.82) is 0 Å². The summed E-state index contributed by atoms with van der Waals surface area (Å²) in [5, 5.41) is 8.88. The van der Waals surface area contributed by atoms with Crippen molar-refractivity contribution in [3.63, 3.8) is 0 Å². The van der Waals surface area contributed by atoms with Gasteiger partial charge in [-0.1, -0.05) is 41.1 Å². The van der Waals surface area contributed by atoms with Gasteiger partial charge in [0.2, 0.25) is 0 Å². The Hall–Kier alpha value is -3.45. The van der Waals surface area contributed by atoms with Gasteiger partial charge in [0.05, 0.1) is 11.6 Å². The number of benzene rings is 1. The van der Waals surface area contributed by atoms with Gasteiger partial charge in [0.1, 0.15) is 11.5 Å². The van der Waals surface area contributed by atoms with Crippen molar-refractivity contribution in [2.75, 3.05) is 26.7 Å². The maximum atomic E-state index is 12.9. The van der Waals surface area contributed by atoms with E-state index in [2.05, 4.69) is 65.6 Å². The normalized spacial score (nSPS) is 17.4. The Bertz CT molecular complexity index is 1240. The Morgan fingerprint density at radius 1 is 1.00 bits per heavy atom. The fraction of sp³-hybridized carbons (Fsp3) is 0.292. The first-order chi connectivity index (χ1) is 15.0. The van der Waals surface area contributed by atoms with Crippen LogP contribution in [0.15, 0.2) is 59.1 Å². The van der Waals surface area contributed by atoms with Crippen LogP contribution in [0.2, 0.25) is 0 Å². The number of fused-ring (bicyclic) bond motifs is 1. The molecular weight excluding hydrogens is 390 g/mol. The first-order valence-corrected chi connectivity index (χ1v) is 10.5. The molecule has 0 radical (unpaired) electrons. The number of carbonyl (C=O) groups is 1. The molecule has 1 amide bonds. The van der Waals surface area contributed by atoms with Crippen LogP contribution in [-0.4, -0.2) is 57.2 Å². The van der Waals surface area contributed by atoms with Crippen LogP contribution in [0.3, 0.4) is 0 Å². The quantitative estimate of drug-likeness (QED) is 0.510. The van der Waals surface area contributed by atoms with Crippen molar-refractivity contribution in [3.05, 3.63) is 77.5 Å². The summed E-state index contributed by atoms with van der Waals surface area (Å²) in [6.07, 6.45) is 2.01. The lowest BCUT2D eigenvalue weighted by Crippen LogP contribution is -2.49. The second-order valence-electron chi connectivity index (χ2n) is 8.25. The van der Waals surface area contributed by atoms with Gasteiger partial charge in [0, 0.05) is 31.4 Å². The van der Waals surface area contributed by atoms with E-state index in [9.17, 15) is 4.79 Å². The Morgan fingerprint density at radius 2 is 1.77 bits per heavy atom. The monoisotopic (exact) mass is 415 g/mol. The minimum Gasteiger partial charge on any atom is -0.456 e. The molecule has 0 saturated carbocycles. The molecule has 1 aliphatic rings. The molecule has 0 bridgehead atoms. The minimum atomic E-state index is -0.0793. The third-order valence-electron chi connectivity index (χ3n) is 6.03. The molecule has 1 aromatic carbocycles. The standard InChI is InChI=1S/C24H25N5O2/c1-16-4-7-18(8-5-16)19-9-10-20-23(25-26-29(20)14-19)21-15-28(13-12-27(21)3)24(30)22-11-6-17(2)31-22/h4-11,14,21H,12-13,15H2,1-3H3/t21-/m1/s1. The highest BCUT2D eigenvalue weighted by Crippen LogP contribution is 2.28. The van der Waals surface area contributed by atoms with E-state index >= 15 is 0 Å². The molecule has 7 nitrogen and oxygen atoms in total. The molecule has 7 heteroatoms. The van der Waals surface area contributed by atoms with Crippen LogP contribution in [0.25, 0.3) is 16.6 Å². The molecule has 5 rings (SSSR count). The highest BCUT2D eigenvalue weighted by atomic mass is 16.3. The zero-order chi connectivity index (χ0) is 21.5. The number of aromatic nitrogens is 3. The van der Waals surface area contributed by atoms with Crippen LogP contribution in [0.5, 0.6) is 0 Å². The molecule has 1 saturated heterocycles. The summed E-state index contributed by atoms with van der Waals surface area (Å²) in [5.41, 5.74) is 5.30. The summed E-state index contributed by atoms with van der Waals surface area (Å²) in [6.45, 7) is 5.89. The van der Waals surface area contributed by atoms with Gasteiger partial charge in [-0.05, 0) is 44.7 Å². The lowest BCUT2D eigenvalue weighted by Gasteiger charge is -2.38. The number of likely N-dealkylation sites (N-methyl/N-ethyl adjacent to an activating group) is 1. The summed E-state index contributed by atoms with van der Waals surface area (Å²) in [5.74, 6) is 1.04. The maximum Gasteiger partial charge on any atom is 0.289 e. The summed E-state index contributed by atoms with van der Waals surface area (Å²) < 4.78 is 7.38. The molecule has 0 aliphatic carbocycles. The van der Waals surface area contributed by atoms with Crippen LogP contribution < -0.4 is 0 Å². The molecular formula is C24H25N5O2. The van der Waals surface area contributed by atoms with Crippen molar-refractivity contribution in [1.82, 2.24) is 24.6 Å². The molecule has 158 valence electrons. The number of furan rings is 1. The van der Waals surface area contributed by atoms with Gasteiger partial charge in [-0.15, -0.1) is 5.10 Å². The Morgan fingerprint density at radius 3 is 2.52 bits per heavy atom. The smallest absolute Gasteiger partial charge is 0.289 e. The molecule has 1 fully saturated rings. The lowest BCUT2D eigenvalue weighted by molar-refractivity contribution is 0.0512. The minimum absolute atomic E-state index is 0.0310. The second kappa shape index (κ2) is 7.67. The highest BCUT2D eigenvalue weighted by molar-refractivity contribution is 5.91. The molecule has 1 aliphatic heterocycles. The number of hydrogen-bond acceptors (Lipinski definition) is 5. The fourth-order valence-electron chi connectivity index (χ4n) is 4.13. The van der Waals surface area contributed by atoms with Gasteiger partial charge >= 0.3 is 0 Å². The van der Waals surface area contributed by atoms with Crippen LogP contribution in [0.4, 0.5) is 0 Å². The number of hydrogen-bond donors (Lipinski definition) is 0. The lowest BCUT2D eigenvalue weighted by atomic mass is 10.0. The largest absolute Gasteiger partial charge is 0.456 e. The van der Waals surface area contributed by atoms with Gasteiger partial charge < -0.3 is 9.32 Å². The molecule has 31 heavy (non-hydrogen) atoms. The van der Waals surface area contributed by atoms with E-state index in [0.717, 1.165) is 34.6 Å². The summed E-state index contributed by atoms with van der Waals surface area (Å²) in [6, 6.07) is 16.1. The number of piperazine rings is 1. The molecule has 4 heterocycles. The third-order valence-corrected chi connectivity index (χ3v) is 6.03. The van der Waals surface area contributed by atoms with Crippen LogP contribution in [0.1, 0.15) is 33.6 Å². The zero-order valence-electron chi connectivity index (χ0n) is 17.9. The summed E-state index contributed by atoms with van der Waals surface area (Å²) in [4.78, 5) is 17.0. The van der Waals surface area contributed by atoms with Gasteiger partial charge in [0.25, 0.3) is 5.91 Å². The maximum absolute atomic E-state index is 12.9. The van der Waals surface area contributed by atoms with E-state index in [0.29, 0.717) is 18.8 Å². The van der Waals surface area contributed by atoms with Crippen molar-refractivity contribution < 1.29 is 9.21 Å². The Labute approximate surface area is 180 Å². The average Bonchev–Trinajstić information content (AvgIpc) is 3.40. The predicted octanol–water partition coefficient (Wildman–Crippen LogP) is 3.74. The Kier molecular flexibility index (Phi) is 4.82. The Balaban J connectivity index is 1.43. The van der Waals surface area contributed by atoms with Crippen LogP contribution >= 0.6 is 0 Å². The second-order valence-corrected chi connectivity index (χ2v) is 8.25. The SMILES string of the molecule is Cc1ccc(-c2ccc3c([C@H]4CN(C(=O)c5ccc(C)o5)CCN4C)nnn3c2)cc1. The van der Waals surface area contributed by atoms with Gasteiger partial charge in [-0.3, -0.25) is 9.69 Å². The molecule has 0 N–H and O–H groups in total. The van der Waals surface area contributed by atoms with E-state index in [1.807, 2.05) is 28.6 Å². The van der Waals surface area contributed by atoms with Crippen molar-refractivity contribution in [2.24, 2.45) is 0 Å². The predicted molar refractivity (Wildman–Crippen MR) is 118 cm³/mol. The first kappa shape index (κ1) is 19.5. The topological polar surface area (TPSA) is 66.9 Å². The van der Waals surface area contributed by atoms with Gasteiger partial charge in [-0.2, -0.15) is 0 Å². The van der Waals surface area contributed by atoms with E-state index in [-0.39, 0.29) is 11.9 Å². The van der Waals surface area contributed by atoms with Crippen molar-refractivity contribution in [2.45, 2.75) is 19.9 Å². The first-order valence-electron chi connectivity index (χ1n) is 10.5. The summed E-state index contributed by atoms with van der Waals surface area (Å²) in [7, 11) is 2.06. The molecule has 3 aromatic heterocycles. The molecule has 0 spiro atoms. The molecule has 4 aromatic rings. The third kappa shape index (κ3) is 3.61.